The molecule has 0 rings (SSSR count). The summed E-state index contributed by atoms with van der Waals surface area (Å²) in [6.45, 7) is 4.44. The molecule has 0 spiro atoms. The first kappa shape index (κ1) is 37.0. The topological polar surface area (TPSA) is 109 Å². The van der Waals surface area contributed by atoms with E-state index in [9.17, 15) is 19.8 Å². The third-order valence-electron chi connectivity index (χ3n) is 4.97. The van der Waals surface area contributed by atoms with Crippen LogP contribution in [0.5, 0.6) is 0 Å². The molecule has 6 heteroatoms. The predicted molar refractivity (Wildman–Crippen MR) is 114 cm³/mol. The Morgan fingerprint density at radius 3 is 0.867 bits per heavy atom. The van der Waals surface area contributed by atoms with Crippen LogP contribution in [0.25, 0.3) is 0 Å². The fourth-order valence-corrected chi connectivity index (χ4v) is 3.16. The van der Waals surface area contributed by atoms with Crippen molar-refractivity contribution in [2.24, 2.45) is 0 Å². The standard InChI is InChI=1S/2C12H24O2.O.Ti/c2*1-2-3-4-5-6-7-8-9-10-11-12(13)14;;/h2*2-11H2,1H3,(H,13,14);;/q;;-2;+4/p-2. The SMILES string of the molecule is CCCCCCCCCCCC(=O)[O-].CCCCCCCCCCCC(=O)[O-].[O-2].[Ti+4]. The number of hydrogen-bond acceptors (Lipinski definition) is 4. The molecule has 0 bridgehead atoms. The zero-order valence-corrected chi connectivity index (χ0v) is 21.2. The van der Waals surface area contributed by atoms with Crippen molar-refractivity contribution in [3.05, 3.63) is 0 Å². The van der Waals surface area contributed by atoms with Crippen molar-refractivity contribution in [2.45, 2.75) is 142 Å². The van der Waals surface area contributed by atoms with Gasteiger partial charge in [-0.05, 0) is 25.7 Å². The van der Waals surface area contributed by atoms with E-state index in [1.807, 2.05) is 0 Å². The summed E-state index contributed by atoms with van der Waals surface area (Å²) >= 11 is 0. The Balaban J connectivity index is -0.000000211. The Labute approximate surface area is 201 Å². The molecule has 0 aromatic rings. The Morgan fingerprint density at radius 1 is 0.467 bits per heavy atom. The normalized spacial score (nSPS) is 9.67. The zero-order chi connectivity index (χ0) is 21.3. The molecular formula is C24H46O5Ti. The van der Waals surface area contributed by atoms with Gasteiger partial charge in [0.25, 0.3) is 0 Å². The van der Waals surface area contributed by atoms with Crippen LogP contribution < -0.4 is 10.2 Å². The minimum atomic E-state index is -0.909. The molecule has 0 aliphatic rings. The number of aliphatic carboxylic acids is 2. The summed E-state index contributed by atoms with van der Waals surface area (Å²) in [4.78, 5) is 20.2. The van der Waals surface area contributed by atoms with Crippen LogP contribution in [0.15, 0.2) is 0 Å². The van der Waals surface area contributed by atoms with E-state index in [2.05, 4.69) is 13.8 Å². The van der Waals surface area contributed by atoms with Gasteiger partial charge in [0.05, 0.1) is 0 Å². The van der Waals surface area contributed by atoms with Gasteiger partial charge in [0, 0.05) is 11.9 Å². The van der Waals surface area contributed by atoms with Crippen molar-refractivity contribution < 1.29 is 47.0 Å². The molecule has 0 aliphatic heterocycles. The number of unbranched alkanes of at least 4 members (excludes halogenated alkanes) is 16. The van der Waals surface area contributed by atoms with Gasteiger partial charge < -0.3 is 25.3 Å². The van der Waals surface area contributed by atoms with E-state index in [1.165, 1.54) is 89.9 Å². The molecule has 0 saturated heterocycles. The molecule has 5 nitrogen and oxygen atoms in total. The number of carbonyl (C=O) groups is 2. The summed E-state index contributed by atoms with van der Waals surface area (Å²) in [7, 11) is 0. The van der Waals surface area contributed by atoms with Crippen LogP contribution >= 0.6 is 0 Å². The van der Waals surface area contributed by atoms with Gasteiger partial charge in [-0.2, -0.15) is 0 Å². The Bertz CT molecular complexity index is 306. The Kier molecular flexibility index (Phi) is 41.0. The summed E-state index contributed by atoms with van der Waals surface area (Å²) in [6, 6.07) is 0. The first-order valence-electron chi connectivity index (χ1n) is 11.9. The van der Waals surface area contributed by atoms with Crippen LogP contribution in [0.2, 0.25) is 0 Å². The molecule has 176 valence electrons. The first-order valence-corrected chi connectivity index (χ1v) is 11.9. The molecule has 0 aromatic carbocycles. The summed E-state index contributed by atoms with van der Waals surface area (Å²) in [5.74, 6) is -1.82. The molecule has 0 fully saturated rings. The van der Waals surface area contributed by atoms with Crippen molar-refractivity contribution in [3.63, 3.8) is 0 Å². The fourth-order valence-electron chi connectivity index (χ4n) is 3.16. The molecule has 0 amide bonds. The van der Waals surface area contributed by atoms with Crippen molar-refractivity contribution in [1.82, 2.24) is 0 Å². The van der Waals surface area contributed by atoms with Gasteiger partial charge in [0.15, 0.2) is 0 Å². The second-order valence-corrected chi connectivity index (χ2v) is 7.90. The maximum atomic E-state index is 10.1. The smallest absolute Gasteiger partial charge is 2.00 e. The van der Waals surface area contributed by atoms with Crippen LogP contribution in [0.3, 0.4) is 0 Å². The van der Waals surface area contributed by atoms with Crippen LogP contribution in [-0.2, 0) is 36.8 Å². The third-order valence-corrected chi connectivity index (χ3v) is 4.97. The fraction of sp³-hybridized carbons (Fsp3) is 0.917. The minimum Gasteiger partial charge on any atom is -2.00 e. The number of carboxylic acids is 2. The van der Waals surface area contributed by atoms with Crippen LogP contribution in [0, 0.1) is 0 Å². The number of carbonyl (C=O) groups excluding carboxylic acids is 2. The first-order chi connectivity index (χ1) is 13.5. The van der Waals surface area contributed by atoms with E-state index in [4.69, 9.17) is 0 Å². The number of carboxylic acid groups (broad SMARTS) is 2. The average molecular weight is 462 g/mol. The maximum Gasteiger partial charge on any atom is 4.00 e. The van der Waals surface area contributed by atoms with Crippen LogP contribution in [0.1, 0.15) is 142 Å². The maximum absolute atomic E-state index is 10.1. The van der Waals surface area contributed by atoms with Crippen molar-refractivity contribution in [1.29, 1.82) is 0 Å². The summed E-state index contributed by atoms with van der Waals surface area (Å²) in [5, 5.41) is 20.2. The third kappa shape index (κ3) is 41.9. The van der Waals surface area contributed by atoms with Gasteiger partial charge in [0.2, 0.25) is 0 Å². The predicted octanol–water partition coefficient (Wildman–Crippen LogP) is 5.19. The van der Waals surface area contributed by atoms with Gasteiger partial charge >= 0.3 is 21.7 Å². The van der Waals surface area contributed by atoms with E-state index in [-0.39, 0.29) is 40.0 Å². The van der Waals surface area contributed by atoms with Gasteiger partial charge in [-0.25, -0.2) is 0 Å². The number of hydrogen-bond donors (Lipinski definition) is 0. The molecule has 30 heavy (non-hydrogen) atoms. The zero-order valence-electron chi connectivity index (χ0n) is 19.7. The molecule has 0 heterocycles. The van der Waals surface area contributed by atoms with E-state index in [0.717, 1.165) is 25.7 Å². The van der Waals surface area contributed by atoms with Crippen molar-refractivity contribution in [3.8, 4) is 0 Å². The summed E-state index contributed by atoms with van der Waals surface area (Å²) in [5.41, 5.74) is 0. The molecule has 0 saturated carbocycles. The van der Waals surface area contributed by atoms with E-state index in [0.29, 0.717) is 0 Å². The average Bonchev–Trinajstić information content (AvgIpc) is 2.65. The van der Waals surface area contributed by atoms with Crippen molar-refractivity contribution in [2.75, 3.05) is 0 Å². The van der Waals surface area contributed by atoms with Crippen LogP contribution in [-0.4, -0.2) is 11.9 Å². The molecular weight excluding hydrogens is 416 g/mol. The van der Waals surface area contributed by atoms with Gasteiger partial charge in [-0.3, -0.25) is 0 Å². The Hall–Kier alpha value is -0.386. The molecule has 0 N–H and O–H groups in total. The summed E-state index contributed by atoms with van der Waals surface area (Å²) in [6.07, 6.45) is 22.3. The van der Waals surface area contributed by atoms with Crippen molar-refractivity contribution >= 4 is 11.9 Å². The quantitative estimate of drug-likeness (QED) is 0.183. The second-order valence-electron chi connectivity index (χ2n) is 7.90. The van der Waals surface area contributed by atoms with E-state index < -0.39 is 11.9 Å². The van der Waals surface area contributed by atoms with Crippen LogP contribution in [0.4, 0.5) is 0 Å². The summed E-state index contributed by atoms with van der Waals surface area (Å²) < 4.78 is 0. The molecule has 0 aromatic heterocycles. The molecule has 0 atom stereocenters. The number of rotatable bonds is 20. The molecule has 0 unspecified atom stereocenters. The monoisotopic (exact) mass is 462 g/mol. The second kappa shape index (κ2) is 33.3. The van der Waals surface area contributed by atoms with Gasteiger partial charge in [0.1, 0.15) is 0 Å². The molecule has 0 aliphatic carbocycles. The van der Waals surface area contributed by atoms with E-state index >= 15 is 0 Å². The minimum absolute atomic E-state index is 0. The molecule has 0 radical (unpaired) electrons. The van der Waals surface area contributed by atoms with E-state index in [1.54, 1.807) is 0 Å². The van der Waals surface area contributed by atoms with Gasteiger partial charge in [-0.15, -0.1) is 0 Å². The van der Waals surface area contributed by atoms with Gasteiger partial charge in [-0.1, -0.05) is 117 Å². The Morgan fingerprint density at radius 2 is 0.667 bits per heavy atom. The largest absolute Gasteiger partial charge is 4.00 e.